The second-order valence-electron chi connectivity index (χ2n) is 3.93. The molecule has 18 heavy (non-hydrogen) atoms. The predicted molar refractivity (Wildman–Crippen MR) is 70.8 cm³/mol. The van der Waals surface area contributed by atoms with Crippen LogP contribution in [0.4, 0.5) is 15.9 Å². The first-order chi connectivity index (χ1) is 8.61. The highest BCUT2D eigenvalue weighted by atomic mass is 35.5. The molecule has 0 spiro atoms. The van der Waals surface area contributed by atoms with Crippen LogP contribution in [0.5, 0.6) is 0 Å². The van der Waals surface area contributed by atoms with Crippen molar-refractivity contribution in [2.75, 3.05) is 5.32 Å². The van der Waals surface area contributed by atoms with Crippen LogP contribution in [0.15, 0.2) is 24.5 Å². The van der Waals surface area contributed by atoms with Crippen molar-refractivity contribution in [1.29, 1.82) is 0 Å². The standard InChI is InChI=1S/C13H13ClFN3/c1-3-10-12(14)16-7-17-13(10)18-11-6-9(15)5-4-8(11)2/h4-7H,3H2,1-2H3,(H,16,17,18). The molecule has 0 aliphatic heterocycles. The van der Waals surface area contributed by atoms with Crippen LogP contribution in [0.25, 0.3) is 0 Å². The van der Waals surface area contributed by atoms with E-state index in [1.165, 1.54) is 18.5 Å². The third-order valence-corrected chi connectivity index (χ3v) is 3.02. The average Bonchev–Trinajstić information content (AvgIpc) is 2.34. The van der Waals surface area contributed by atoms with Crippen LogP contribution in [0.1, 0.15) is 18.1 Å². The van der Waals surface area contributed by atoms with Crippen LogP contribution >= 0.6 is 11.6 Å². The van der Waals surface area contributed by atoms with Gasteiger partial charge in [-0.3, -0.25) is 0 Å². The maximum absolute atomic E-state index is 13.2. The second-order valence-corrected chi connectivity index (χ2v) is 4.29. The molecule has 0 atom stereocenters. The Morgan fingerprint density at radius 3 is 2.83 bits per heavy atom. The van der Waals surface area contributed by atoms with Gasteiger partial charge in [0.15, 0.2) is 0 Å². The summed E-state index contributed by atoms with van der Waals surface area (Å²) in [6.45, 7) is 3.87. The van der Waals surface area contributed by atoms with E-state index in [0.717, 1.165) is 11.1 Å². The summed E-state index contributed by atoms with van der Waals surface area (Å²) in [5.74, 6) is 0.326. The molecule has 0 unspecified atom stereocenters. The first kappa shape index (κ1) is 12.8. The van der Waals surface area contributed by atoms with Gasteiger partial charge in [0, 0.05) is 11.3 Å². The Kier molecular flexibility index (Phi) is 3.77. The second kappa shape index (κ2) is 5.31. The van der Waals surface area contributed by atoms with Crippen LogP contribution < -0.4 is 5.32 Å². The molecule has 0 radical (unpaired) electrons. The molecular formula is C13H13ClFN3. The molecule has 1 heterocycles. The minimum atomic E-state index is -0.290. The normalized spacial score (nSPS) is 10.4. The zero-order valence-corrected chi connectivity index (χ0v) is 10.9. The summed E-state index contributed by atoms with van der Waals surface area (Å²) in [5, 5.41) is 3.52. The van der Waals surface area contributed by atoms with Crippen LogP contribution in [0.3, 0.4) is 0 Å². The topological polar surface area (TPSA) is 37.8 Å². The molecule has 5 heteroatoms. The molecule has 0 bridgehead atoms. The highest BCUT2D eigenvalue weighted by Crippen LogP contribution is 2.25. The lowest BCUT2D eigenvalue weighted by Crippen LogP contribution is -2.02. The van der Waals surface area contributed by atoms with E-state index in [0.29, 0.717) is 23.1 Å². The summed E-state index contributed by atoms with van der Waals surface area (Å²) < 4.78 is 13.2. The molecule has 3 nitrogen and oxygen atoms in total. The zero-order valence-electron chi connectivity index (χ0n) is 10.2. The number of nitrogens with zero attached hydrogens (tertiary/aromatic N) is 2. The van der Waals surface area contributed by atoms with Crippen molar-refractivity contribution in [3.63, 3.8) is 0 Å². The monoisotopic (exact) mass is 265 g/mol. The summed E-state index contributed by atoms with van der Waals surface area (Å²) in [5.41, 5.74) is 2.44. The molecule has 0 fully saturated rings. The van der Waals surface area contributed by atoms with Crippen molar-refractivity contribution >= 4 is 23.1 Å². The van der Waals surface area contributed by atoms with Gasteiger partial charge in [0.2, 0.25) is 0 Å². The van der Waals surface area contributed by atoms with E-state index in [9.17, 15) is 4.39 Å². The SMILES string of the molecule is CCc1c(Cl)ncnc1Nc1cc(F)ccc1C. The van der Waals surface area contributed by atoms with E-state index in [1.807, 2.05) is 13.8 Å². The lowest BCUT2D eigenvalue weighted by Gasteiger charge is -2.12. The summed E-state index contributed by atoms with van der Waals surface area (Å²) in [6, 6.07) is 4.57. The minimum absolute atomic E-state index is 0.290. The van der Waals surface area contributed by atoms with Crippen molar-refractivity contribution in [2.24, 2.45) is 0 Å². The van der Waals surface area contributed by atoms with Crippen molar-refractivity contribution < 1.29 is 4.39 Å². The average molecular weight is 266 g/mol. The number of halogens is 2. The lowest BCUT2D eigenvalue weighted by atomic mass is 10.2. The number of hydrogen-bond donors (Lipinski definition) is 1. The van der Waals surface area contributed by atoms with Crippen molar-refractivity contribution in [3.05, 3.63) is 46.6 Å². The molecule has 94 valence electrons. The third kappa shape index (κ3) is 2.59. The van der Waals surface area contributed by atoms with Gasteiger partial charge in [0.25, 0.3) is 0 Å². The highest BCUT2D eigenvalue weighted by molar-refractivity contribution is 6.30. The Labute approximate surface area is 110 Å². The zero-order chi connectivity index (χ0) is 13.1. The van der Waals surface area contributed by atoms with Crippen LogP contribution in [0, 0.1) is 12.7 Å². The van der Waals surface area contributed by atoms with E-state index in [-0.39, 0.29) is 5.82 Å². The van der Waals surface area contributed by atoms with Gasteiger partial charge >= 0.3 is 0 Å². The van der Waals surface area contributed by atoms with Gasteiger partial charge in [-0.15, -0.1) is 0 Å². The maximum Gasteiger partial charge on any atom is 0.138 e. The van der Waals surface area contributed by atoms with E-state index < -0.39 is 0 Å². The van der Waals surface area contributed by atoms with Gasteiger partial charge in [-0.25, -0.2) is 14.4 Å². The molecule has 0 saturated carbocycles. The van der Waals surface area contributed by atoms with Crippen LogP contribution in [0.2, 0.25) is 5.15 Å². The number of aryl methyl sites for hydroxylation is 1. The molecule has 0 amide bonds. The van der Waals surface area contributed by atoms with E-state index in [4.69, 9.17) is 11.6 Å². The van der Waals surface area contributed by atoms with Gasteiger partial charge in [-0.1, -0.05) is 24.6 Å². The smallest absolute Gasteiger partial charge is 0.138 e. The number of rotatable bonds is 3. The summed E-state index contributed by atoms with van der Waals surface area (Å²) in [7, 11) is 0. The van der Waals surface area contributed by atoms with E-state index >= 15 is 0 Å². The van der Waals surface area contributed by atoms with Crippen molar-refractivity contribution in [3.8, 4) is 0 Å². The maximum atomic E-state index is 13.2. The van der Waals surface area contributed by atoms with Crippen LogP contribution in [-0.4, -0.2) is 9.97 Å². The van der Waals surface area contributed by atoms with Gasteiger partial charge in [0.05, 0.1) is 0 Å². The van der Waals surface area contributed by atoms with Gasteiger partial charge in [-0.05, 0) is 31.0 Å². The molecule has 0 aliphatic carbocycles. The molecule has 1 N–H and O–H groups in total. The molecule has 2 aromatic rings. The van der Waals surface area contributed by atoms with Gasteiger partial charge in [-0.2, -0.15) is 0 Å². The molecule has 1 aromatic heterocycles. The number of hydrogen-bond acceptors (Lipinski definition) is 3. The summed E-state index contributed by atoms with van der Waals surface area (Å²) in [6.07, 6.45) is 2.09. The Hall–Kier alpha value is -1.68. The molecule has 0 aliphatic rings. The number of benzene rings is 1. The number of anilines is 2. The quantitative estimate of drug-likeness (QED) is 0.856. The highest BCUT2D eigenvalue weighted by Gasteiger charge is 2.09. The first-order valence-electron chi connectivity index (χ1n) is 5.64. The van der Waals surface area contributed by atoms with Crippen LogP contribution in [-0.2, 0) is 6.42 Å². The largest absolute Gasteiger partial charge is 0.340 e. The fraction of sp³-hybridized carbons (Fsp3) is 0.231. The van der Waals surface area contributed by atoms with Crippen molar-refractivity contribution in [1.82, 2.24) is 9.97 Å². The summed E-state index contributed by atoms with van der Waals surface area (Å²) >= 11 is 6.00. The summed E-state index contributed by atoms with van der Waals surface area (Å²) in [4.78, 5) is 8.08. The lowest BCUT2D eigenvalue weighted by molar-refractivity contribution is 0.628. The predicted octanol–water partition coefficient (Wildman–Crippen LogP) is 3.88. The van der Waals surface area contributed by atoms with Gasteiger partial charge < -0.3 is 5.32 Å². The molecule has 1 aromatic carbocycles. The number of aromatic nitrogens is 2. The Balaban J connectivity index is 2.40. The number of nitrogens with one attached hydrogen (secondary N) is 1. The van der Waals surface area contributed by atoms with Gasteiger partial charge in [0.1, 0.15) is 23.1 Å². The Morgan fingerprint density at radius 1 is 1.33 bits per heavy atom. The Bertz CT molecular complexity index is 572. The van der Waals surface area contributed by atoms with E-state index in [2.05, 4.69) is 15.3 Å². The van der Waals surface area contributed by atoms with Crippen molar-refractivity contribution in [2.45, 2.75) is 20.3 Å². The molecule has 0 saturated heterocycles. The first-order valence-corrected chi connectivity index (χ1v) is 6.02. The fourth-order valence-electron chi connectivity index (χ4n) is 1.67. The molecule has 2 rings (SSSR count). The minimum Gasteiger partial charge on any atom is -0.340 e. The third-order valence-electron chi connectivity index (χ3n) is 2.70. The Morgan fingerprint density at radius 2 is 2.11 bits per heavy atom. The molecular weight excluding hydrogens is 253 g/mol. The van der Waals surface area contributed by atoms with E-state index in [1.54, 1.807) is 6.07 Å². The fourth-order valence-corrected chi connectivity index (χ4v) is 1.94.